The Hall–Kier alpha value is -3.95. The maximum absolute atomic E-state index is 13.4. The second-order valence-corrected chi connectivity index (χ2v) is 9.66. The number of rotatable bonds is 7. The number of carbonyl (C=O) groups is 2. The van der Waals surface area contributed by atoms with Crippen molar-refractivity contribution in [3.05, 3.63) is 98.9 Å². The molecule has 4 rings (SSSR count). The molecule has 37 heavy (non-hydrogen) atoms. The number of nitrogens with zero attached hydrogens (tertiary/aromatic N) is 2. The molecule has 3 aromatic carbocycles. The second kappa shape index (κ2) is 12.3. The summed E-state index contributed by atoms with van der Waals surface area (Å²) < 4.78 is 0. The Morgan fingerprint density at radius 1 is 0.946 bits per heavy atom. The van der Waals surface area contributed by atoms with Gasteiger partial charge in [0, 0.05) is 33.4 Å². The Morgan fingerprint density at radius 3 is 2.19 bits per heavy atom. The van der Waals surface area contributed by atoms with E-state index >= 15 is 0 Å². The van der Waals surface area contributed by atoms with E-state index < -0.39 is 5.91 Å². The number of carbonyl (C=O) groups excluding carboxylic acids is 2. The van der Waals surface area contributed by atoms with Crippen LogP contribution in [0.4, 0.5) is 5.69 Å². The molecule has 0 atom stereocenters. The van der Waals surface area contributed by atoms with Gasteiger partial charge in [-0.2, -0.15) is 0 Å². The van der Waals surface area contributed by atoms with Gasteiger partial charge >= 0.3 is 5.91 Å². The third-order valence-electron chi connectivity index (χ3n) is 6.64. The highest BCUT2D eigenvalue weighted by Gasteiger charge is 2.22. The molecule has 3 aromatic rings. The van der Waals surface area contributed by atoms with Gasteiger partial charge in [0.2, 0.25) is 5.91 Å². The molecular formula is C30H27ClN2O4. The first-order chi connectivity index (χ1) is 17.9. The molecule has 0 heterocycles. The van der Waals surface area contributed by atoms with E-state index in [9.17, 15) is 19.6 Å². The average molecular weight is 515 g/mol. The fourth-order valence-electron chi connectivity index (χ4n) is 4.55. The molecule has 0 bridgehead atoms. The van der Waals surface area contributed by atoms with Gasteiger partial charge in [-0.15, -0.1) is 4.91 Å². The van der Waals surface area contributed by atoms with Crippen molar-refractivity contribution < 1.29 is 14.7 Å². The standard InChI is InChI=1S/C30H27ClN2O4/c31-25-14-11-23(12-15-25)6-5-22-7-9-24(10-8-22)20-33(29(35)18-13-21-3-1-2-4-21)26-16-17-28(34)27(19-26)30(36)32-37/h7-12,14-17,19,21,34H,1-4,13,18,20H2. The predicted octanol–water partition coefficient (Wildman–Crippen LogP) is 6.86. The van der Waals surface area contributed by atoms with Crippen LogP contribution in [0.2, 0.25) is 5.02 Å². The largest absolute Gasteiger partial charge is 0.507 e. The van der Waals surface area contributed by atoms with Crippen LogP contribution in [0.1, 0.15) is 65.6 Å². The number of anilines is 1. The molecule has 7 heteroatoms. The number of benzene rings is 3. The van der Waals surface area contributed by atoms with Gasteiger partial charge in [0.1, 0.15) is 5.75 Å². The van der Waals surface area contributed by atoms with Gasteiger partial charge in [-0.3, -0.25) is 9.59 Å². The van der Waals surface area contributed by atoms with Crippen LogP contribution < -0.4 is 4.90 Å². The minimum atomic E-state index is -1.08. The van der Waals surface area contributed by atoms with Crippen molar-refractivity contribution in [2.24, 2.45) is 11.1 Å². The first-order valence-electron chi connectivity index (χ1n) is 12.3. The first kappa shape index (κ1) is 26.1. The number of phenols is 1. The highest BCUT2D eigenvalue weighted by Crippen LogP contribution is 2.31. The summed E-state index contributed by atoms with van der Waals surface area (Å²) in [5, 5.41) is 13.1. The molecule has 1 aliphatic carbocycles. The van der Waals surface area contributed by atoms with E-state index in [4.69, 9.17) is 11.6 Å². The van der Waals surface area contributed by atoms with Gasteiger partial charge in [-0.25, -0.2) is 0 Å². The molecule has 188 valence electrons. The lowest BCUT2D eigenvalue weighted by Crippen LogP contribution is -2.30. The number of hydrogen-bond donors (Lipinski definition) is 1. The van der Waals surface area contributed by atoms with Crippen LogP contribution in [0.5, 0.6) is 5.75 Å². The molecule has 0 spiro atoms. The number of nitroso groups, excluding NO2 is 1. The molecule has 6 nitrogen and oxygen atoms in total. The Morgan fingerprint density at radius 2 is 1.57 bits per heavy atom. The summed E-state index contributed by atoms with van der Waals surface area (Å²) in [7, 11) is 0. The Kier molecular flexibility index (Phi) is 8.71. The Balaban J connectivity index is 1.55. The number of amides is 2. The van der Waals surface area contributed by atoms with Crippen molar-refractivity contribution in [3.8, 4) is 17.6 Å². The molecule has 1 N–H and O–H groups in total. The topological polar surface area (TPSA) is 87.0 Å². The Bertz CT molecular complexity index is 1330. The van der Waals surface area contributed by atoms with Crippen molar-refractivity contribution in [2.45, 2.75) is 45.1 Å². The van der Waals surface area contributed by atoms with E-state index in [1.807, 2.05) is 36.4 Å². The maximum Gasteiger partial charge on any atom is 0.320 e. The van der Waals surface area contributed by atoms with Crippen LogP contribution in [0.3, 0.4) is 0 Å². The zero-order valence-corrected chi connectivity index (χ0v) is 21.1. The summed E-state index contributed by atoms with van der Waals surface area (Å²) in [4.78, 5) is 37.6. The quantitative estimate of drug-likeness (QED) is 0.276. The smallest absolute Gasteiger partial charge is 0.320 e. The summed E-state index contributed by atoms with van der Waals surface area (Å²) in [6, 6.07) is 19.1. The van der Waals surface area contributed by atoms with Crippen LogP contribution in [-0.4, -0.2) is 16.9 Å². The average Bonchev–Trinajstić information content (AvgIpc) is 3.44. The summed E-state index contributed by atoms with van der Waals surface area (Å²) in [5.74, 6) is 5.26. The lowest BCUT2D eigenvalue weighted by Gasteiger charge is -2.24. The zero-order chi connectivity index (χ0) is 26.2. The third kappa shape index (κ3) is 7.05. The molecule has 1 saturated carbocycles. The third-order valence-corrected chi connectivity index (χ3v) is 6.89. The van der Waals surface area contributed by atoms with Gasteiger partial charge < -0.3 is 10.0 Å². The molecule has 2 amide bonds. The first-order valence-corrected chi connectivity index (χ1v) is 12.7. The van der Waals surface area contributed by atoms with Crippen LogP contribution in [0.25, 0.3) is 0 Å². The lowest BCUT2D eigenvalue weighted by molar-refractivity contribution is -0.119. The number of aromatic hydroxyl groups is 1. The van der Waals surface area contributed by atoms with Crippen molar-refractivity contribution in [1.82, 2.24) is 0 Å². The van der Waals surface area contributed by atoms with Crippen molar-refractivity contribution in [1.29, 1.82) is 0 Å². The number of halogens is 1. The summed E-state index contributed by atoms with van der Waals surface area (Å²) in [5.41, 5.74) is 2.75. The van der Waals surface area contributed by atoms with Gasteiger partial charge in [-0.1, -0.05) is 61.3 Å². The molecule has 1 aliphatic rings. The van der Waals surface area contributed by atoms with E-state index in [1.54, 1.807) is 23.1 Å². The molecule has 0 radical (unpaired) electrons. The van der Waals surface area contributed by atoms with Crippen LogP contribution in [-0.2, 0) is 11.3 Å². The highest BCUT2D eigenvalue weighted by atomic mass is 35.5. The predicted molar refractivity (Wildman–Crippen MR) is 144 cm³/mol. The monoisotopic (exact) mass is 514 g/mol. The van der Waals surface area contributed by atoms with E-state index in [2.05, 4.69) is 17.0 Å². The minimum Gasteiger partial charge on any atom is -0.507 e. The van der Waals surface area contributed by atoms with E-state index in [-0.39, 0.29) is 23.8 Å². The molecule has 0 unspecified atom stereocenters. The summed E-state index contributed by atoms with van der Waals surface area (Å²) >= 11 is 5.92. The van der Waals surface area contributed by atoms with Crippen molar-refractivity contribution in [3.63, 3.8) is 0 Å². The fraction of sp³-hybridized carbons (Fsp3) is 0.267. The second-order valence-electron chi connectivity index (χ2n) is 9.22. The van der Waals surface area contributed by atoms with Crippen LogP contribution in [0.15, 0.2) is 71.9 Å². The number of hydrogen-bond acceptors (Lipinski definition) is 4. The van der Waals surface area contributed by atoms with Crippen LogP contribution in [0, 0.1) is 22.7 Å². The van der Waals surface area contributed by atoms with Crippen LogP contribution >= 0.6 is 11.6 Å². The fourth-order valence-corrected chi connectivity index (χ4v) is 4.68. The molecule has 0 aromatic heterocycles. The van der Waals surface area contributed by atoms with Gasteiger partial charge in [0.05, 0.1) is 12.1 Å². The van der Waals surface area contributed by atoms with Gasteiger partial charge in [0.25, 0.3) is 0 Å². The Labute approximate surface area is 221 Å². The molecule has 0 aliphatic heterocycles. The zero-order valence-electron chi connectivity index (χ0n) is 20.3. The molecule has 0 saturated heterocycles. The summed E-state index contributed by atoms with van der Waals surface area (Å²) in [6.07, 6.45) is 5.90. The maximum atomic E-state index is 13.4. The van der Waals surface area contributed by atoms with Gasteiger partial charge in [-0.05, 0) is 72.5 Å². The van der Waals surface area contributed by atoms with E-state index in [0.717, 1.165) is 36.0 Å². The lowest BCUT2D eigenvalue weighted by atomic mass is 10.0. The minimum absolute atomic E-state index is 0.0818. The van der Waals surface area contributed by atoms with E-state index in [0.29, 0.717) is 23.0 Å². The van der Waals surface area contributed by atoms with E-state index in [1.165, 1.54) is 25.0 Å². The van der Waals surface area contributed by atoms with Crippen molar-refractivity contribution in [2.75, 3.05) is 4.90 Å². The SMILES string of the molecule is O=NC(=O)c1cc(N(Cc2ccc(C#Cc3ccc(Cl)cc3)cc2)C(=O)CCC2CCCC2)ccc1O. The highest BCUT2D eigenvalue weighted by molar-refractivity contribution is 6.30. The normalized spacial score (nSPS) is 13.0. The van der Waals surface area contributed by atoms with Gasteiger partial charge in [0.15, 0.2) is 0 Å². The number of phenolic OH excluding ortho intramolecular Hbond substituents is 1. The molecule has 1 fully saturated rings. The van der Waals surface area contributed by atoms with Crippen molar-refractivity contribution >= 4 is 29.1 Å². The summed E-state index contributed by atoms with van der Waals surface area (Å²) in [6.45, 7) is 0.265. The molecular weight excluding hydrogens is 488 g/mol.